The molecule has 0 bridgehead atoms. The Morgan fingerprint density at radius 3 is 2.57 bits per heavy atom. The standard InChI is InChI=1S/C14H27N3O2S.ClH/c1-14(2,3)8-12(18)17-10-20-9-11(17)13(19)16-7-5-4-6-15;/h11H,4-10,15H2,1-3H3,(H,16,19);1H. The molecule has 0 aromatic carbocycles. The topological polar surface area (TPSA) is 75.4 Å². The molecule has 1 unspecified atom stereocenters. The van der Waals surface area contributed by atoms with Gasteiger partial charge in [-0.25, -0.2) is 0 Å². The van der Waals surface area contributed by atoms with E-state index in [0.717, 1.165) is 12.8 Å². The van der Waals surface area contributed by atoms with Gasteiger partial charge >= 0.3 is 0 Å². The number of nitrogens with two attached hydrogens (primary N) is 1. The number of thioether (sulfide) groups is 1. The molecule has 1 saturated heterocycles. The Labute approximate surface area is 138 Å². The van der Waals surface area contributed by atoms with Crippen LogP contribution in [0.5, 0.6) is 0 Å². The van der Waals surface area contributed by atoms with E-state index in [1.165, 1.54) is 0 Å². The molecule has 5 nitrogen and oxygen atoms in total. The number of unbranched alkanes of at least 4 members (excludes halogenated alkanes) is 1. The van der Waals surface area contributed by atoms with Gasteiger partial charge in [-0.2, -0.15) is 0 Å². The molecule has 0 aromatic rings. The third-order valence-electron chi connectivity index (χ3n) is 3.12. The summed E-state index contributed by atoms with van der Waals surface area (Å²) >= 11 is 1.64. The fraction of sp³-hybridized carbons (Fsp3) is 0.857. The van der Waals surface area contributed by atoms with Crippen molar-refractivity contribution in [3.8, 4) is 0 Å². The van der Waals surface area contributed by atoms with Crippen LogP contribution in [0, 0.1) is 5.41 Å². The molecule has 1 atom stereocenters. The number of nitrogens with one attached hydrogen (secondary N) is 1. The highest BCUT2D eigenvalue weighted by Gasteiger charge is 2.35. The van der Waals surface area contributed by atoms with Crippen molar-refractivity contribution >= 4 is 36.0 Å². The number of carbonyl (C=O) groups excluding carboxylic acids is 2. The van der Waals surface area contributed by atoms with E-state index >= 15 is 0 Å². The minimum atomic E-state index is -0.312. The highest BCUT2D eigenvalue weighted by molar-refractivity contribution is 7.99. The minimum Gasteiger partial charge on any atom is -0.354 e. The molecule has 2 amide bonds. The molecule has 0 aromatic heterocycles. The van der Waals surface area contributed by atoms with Crippen molar-refractivity contribution in [2.75, 3.05) is 24.7 Å². The molecule has 3 N–H and O–H groups in total. The number of rotatable bonds is 6. The lowest BCUT2D eigenvalue weighted by molar-refractivity contribution is -0.139. The van der Waals surface area contributed by atoms with Crippen LogP contribution in [0.2, 0.25) is 0 Å². The van der Waals surface area contributed by atoms with E-state index in [9.17, 15) is 9.59 Å². The lowest BCUT2D eigenvalue weighted by Gasteiger charge is -2.26. The van der Waals surface area contributed by atoms with Crippen molar-refractivity contribution in [3.05, 3.63) is 0 Å². The Morgan fingerprint density at radius 1 is 1.33 bits per heavy atom. The van der Waals surface area contributed by atoms with Crippen LogP contribution in [0.4, 0.5) is 0 Å². The molecular formula is C14H28ClN3O2S. The van der Waals surface area contributed by atoms with E-state index in [4.69, 9.17) is 5.73 Å². The minimum absolute atomic E-state index is 0. The van der Waals surface area contributed by atoms with Gasteiger partial charge in [-0.15, -0.1) is 24.2 Å². The zero-order chi connectivity index (χ0) is 15.2. The Bertz CT molecular complexity index is 348. The van der Waals surface area contributed by atoms with Gasteiger partial charge in [-0.05, 0) is 24.8 Å². The van der Waals surface area contributed by atoms with Gasteiger partial charge in [-0.3, -0.25) is 9.59 Å². The van der Waals surface area contributed by atoms with Crippen molar-refractivity contribution in [2.24, 2.45) is 11.1 Å². The predicted molar refractivity (Wildman–Crippen MR) is 90.6 cm³/mol. The Morgan fingerprint density at radius 2 is 2.00 bits per heavy atom. The predicted octanol–water partition coefficient (Wildman–Crippen LogP) is 1.60. The molecule has 7 heteroatoms. The van der Waals surface area contributed by atoms with E-state index in [2.05, 4.69) is 5.32 Å². The summed E-state index contributed by atoms with van der Waals surface area (Å²) in [5.74, 6) is 1.35. The Hall–Kier alpha value is -0.460. The molecule has 1 aliphatic rings. The molecule has 0 spiro atoms. The lowest BCUT2D eigenvalue weighted by atomic mass is 9.91. The van der Waals surface area contributed by atoms with E-state index in [1.54, 1.807) is 16.7 Å². The van der Waals surface area contributed by atoms with Crippen LogP contribution < -0.4 is 11.1 Å². The maximum absolute atomic E-state index is 12.3. The molecule has 0 aliphatic carbocycles. The maximum atomic E-state index is 12.3. The average molecular weight is 338 g/mol. The Kier molecular flexibility index (Phi) is 9.33. The fourth-order valence-electron chi connectivity index (χ4n) is 2.06. The van der Waals surface area contributed by atoms with Gasteiger partial charge in [0.15, 0.2) is 0 Å². The van der Waals surface area contributed by atoms with Crippen molar-refractivity contribution in [2.45, 2.75) is 46.1 Å². The second kappa shape index (κ2) is 9.54. The average Bonchev–Trinajstić information content (AvgIpc) is 2.81. The quantitative estimate of drug-likeness (QED) is 0.722. The molecule has 1 aliphatic heterocycles. The van der Waals surface area contributed by atoms with Crippen LogP contribution in [0.25, 0.3) is 0 Å². The summed E-state index contributed by atoms with van der Waals surface area (Å²) in [6.07, 6.45) is 2.27. The summed E-state index contributed by atoms with van der Waals surface area (Å²) in [5, 5.41) is 2.91. The van der Waals surface area contributed by atoms with Crippen molar-refractivity contribution in [3.63, 3.8) is 0 Å². The first-order chi connectivity index (χ1) is 9.35. The summed E-state index contributed by atoms with van der Waals surface area (Å²) in [4.78, 5) is 26.1. The third-order valence-corrected chi connectivity index (χ3v) is 4.13. The summed E-state index contributed by atoms with van der Waals surface area (Å²) in [5.41, 5.74) is 5.37. The van der Waals surface area contributed by atoms with E-state index < -0.39 is 0 Å². The van der Waals surface area contributed by atoms with Crippen molar-refractivity contribution < 1.29 is 9.59 Å². The summed E-state index contributed by atoms with van der Waals surface area (Å²) in [6.45, 7) is 7.39. The summed E-state index contributed by atoms with van der Waals surface area (Å²) in [7, 11) is 0. The number of carbonyl (C=O) groups is 2. The third kappa shape index (κ3) is 7.38. The van der Waals surface area contributed by atoms with Crippen LogP contribution in [0.3, 0.4) is 0 Å². The fourth-order valence-corrected chi connectivity index (χ4v) is 3.24. The van der Waals surface area contributed by atoms with E-state index in [-0.39, 0.29) is 35.7 Å². The number of hydrogen-bond acceptors (Lipinski definition) is 4. The van der Waals surface area contributed by atoms with Crippen LogP contribution >= 0.6 is 24.2 Å². The molecule has 1 fully saturated rings. The molecule has 1 rings (SSSR count). The maximum Gasteiger partial charge on any atom is 0.243 e. The zero-order valence-electron chi connectivity index (χ0n) is 13.2. The highest BCUT2D eigenvalue weighted by Crippen LogP contribution is 2.26. The van der Waals surface area contributed by atoms with Gasteiger partial charge in [-0.1, -0.05) is 20.8 Å². The lowest BCUT2D eigenvalue weighted by Crippen LogP contribution is -2.48. The van der Waals surface area contributed by atoms with Gasteiger partial charge in [0.25, 0.3) is 0 Å². The van der Waals surface area contributed by atoms with Crippen molar-refractivity contribution in [1.29, 1.82) is 0 Å². The number of amides is 2. The van der Waals surface area contributed by atoms with Crippen LogP contribution in [0.15, 0.2) is 0 Å². The highest BCUT2D eigenvalue weighted by atomic mass is 35.5. The smallest absolute Gasteiger partial charge is 0.243 e. The van der Waals surface area contributed by atoms with Crippen LogP contribution in [0.1, 0.15) is 40.0 Å². The normalized spacial score (nSPS) is 18.3. The van der Waals surface area contributed by atoms with Gasteiger partial charge in [0.2, 0.25) is 11.8 Å². The van der Waals surface area contributed by atoms with Gasteiger partial charge < -0.3 is 16.0 Å². The second-order valence-corrected chi connectivity index (χ2v) is 7.40. The van der Waals surface area contributed by atoms with Gasteiger partial charge in [0.05, 0.1) is 5.88 Å². The second-order valence-electron chi connectivity index (χ2n) is 6.40. The van der Waals surface area contributed by atoms with Crippen molar-refractivity contribution in [1.82, 2.24) is 10.2 Å². The molecular weight excluding hydrogens is 310 g/mol. The molecule has 0 saturated carbocycles. The first-order valence-corrected chi connectivity index (χ1v) is 8.35. The monoisotopic (exact) mass is 337 g/mol. The van der Waals surface area contributed by atoms with Crippen LogP contribution in [-0.4, -0.2) is 47.5 Å². The number of nitrogens with zero attached hydrogens (tertiary/aromatic N) is 1. The number of halogens is 1. The molecule has 21 heavy (non-hydrogen) atoms. The number of hydrogen-bond donors (Lipinski definition) is 2. The molecule has 124 valence electrons. The van der Waals surface area contributed by atoms with Gasteiger partial charge in [0.1, 0.15) is 6.04 Å². The largest absolute Gasteiger partial charge is 0.354 e. The molecule has 0 radical (unpaired) electrons. The summed E-state index contributed by atoms with van der Waals surface area (Å²) < 4.78 is 0. The molecule has 1 heterocycles. The van der Waals surface area contributed by atoms with E-state index in [0.29, 0.717) is 31.1 Å². The first kappa shape index (κ1) is 20.5. The van der Waals surface area contributed by atoms with E-state index in [1.807, 2.05) is 20.8 Å². The zero-order valence-corrected chi connectivity index (χ0v) is 14.8. The summed E-state index contributed by atoms with van der Waals surface area (Å²) in [6, 6.07) is -0.312. The van der Waals surface area contributed by atoms with Crippen LogP contribution in [-0.2, 0) is 9.59 Å². The Balaban J connectivity index is 0.00000400. The SMILES string of the molecule is CC(C)(C)CC(=O)N1CSCC1C(=O)NCCCCN.Cl. The first-order valence-electron chi connectivity index (χ1n) is 7.20. The van der Waals surface area contributed by atoms with Gasteiger partial charge in [0, 0.05) is 18.7 Å².